The Bertz CT molecular complexity index is 7.61. The van der Waals surface area contributed by atoms with E-state index in [1.807, 2.05) is 0 Å². The molecule has 0 aromatic heterocycles. The molecule has 0 aromatic rings. The van der Waals surface area contributed by atoms with Crippen LogP contribution in [0.2, 0.25) is 0 Å². The van der Waals surface area contributed by atoms with Crippen molar-refractivity contribution in [1.29, 1.82) is 0 Å². The molecule has 0 aromatic carbocycles. The summed E-state index contributed by atoms with van der Waals surface area (Å²) in [6.45, 7) is 0. The van der Waals surface area contributed by atoms with E-state index in [1.165, 1.54) is 0 Å². The van der Waals surface area contributed by atoms with E-state index in [4.69, 9.17) is 3.54 Å². The first-order valence-corrected chi connectivity index (χ1v) is 1.50. The third-order valence-corrected chi connectivity index (χ3v) is 0. The van der Waals surface area contributed by atoms with Gasteiger partial charge in [-0.25, -0.2) is 0 Å². The first-order valence-electron chi connectivity index (χ1n) is 0.289. The number of hydrogen-bond donors (Lipinski definition) is 0. The Morgan fingerprint density at radius 3 is 1.00 bits per heavy atom. The number of hydrogen-bond acceptors (Lipinski definition) is 1. The Morgan fingerprint density at radius 1 is 1.00 bits per heavy atom. The van der Waals surface area contributed by atoms with Gasteiger partial charge in [-0.1, -0.05) is 0 Å². The molecule has 5 heavy (non-hydrogen) atoms. The quantitative estimate of drug-likeness (QED) is 0.380. The maximum atomic E-state index is 8.38. The molecular formula is H10Ga2In2O. The molecule has 0 rings (SSSR count). The molecule has 0 aliphatic carbocycles. The van der Waals surface area contributed by atoms with Crippen LogP contribution in [0.1, 0.15) is 0 Å². The Balaban J connectivity index is -0.00000000167. The SMILES string of the molecule is [GaH3].[InH3].[InH3].[O]=[GaH]. The van der Waals surface area contributed by atoms with Crippen LogP contribution in [0, 0.1) is 0 Å². The van der Waals surface area contributed by atoms with Gasteiger partial charge in [0.1, 0.15) is 0 Å². The van der Waals surface area contributed by atoms with Crippen LogP contribution in [-0.4, -0.2) is 90.0 Å². The van der Waals surface area contributed by atoms with Crippen LogP contribution in [0.25, 0.3) is 0 Å². The van der Waals surface area contributed by atoms with Crippen molar-refractivity contribution in [3.63, 3.8) is 0 Å². The molecule has 1 nitrogen and oxygen atoms in total. The van der Waals surface area contributed by atoms with Gasteiger partial charge in [0, 0.05) is 0 Å². The minimum atomic E-state index is 0. The zero-order valence-electron chi connectivity index (χ0n) is 1.12. The van der Waals surface area contributed by atoms with E-state index >= 15 is 0 Å². The van der Waals surface area contributed by atoms with Crippen LogP contribution in [0.3, 0.4) is 0 Å². The van der Waals surface area contributed by atoms with E-state index in [1.54, 1.807) is 0 Å². The van der Waals surface area contributed by atoms with Crippen LogP contribution in [0.4, 0.5) is 0 Å². The van der Waals surface area contributed by atoms with Crippen molar-refractivity contribution in [3.8, 4) is 0 Å². The average molecular weight is 395 g/mol. The maximum absolute atomic E-state index is 8.38. The second-order valence-electron chi connectivity index (χ2n) is 0. The van der Waals surface area contributed by atoms with Gasteiger partial charge in [-0.3, -0.25) is 0 Å². The molecule has 0 saturated carbocycles. The number of rotatable bonds is 0. The molecule has 0 saturated heterocycles. The minimum absolute atomic E-state index is 0. The zero-order chi connectivity index (χ0) is 2.00. The fourth-order valence-electron chi connectivity index (χ4n) is 0. The molecular weight excluding hydrogens is 385 g/mol. The van der Waals surface area contributed by atoms with Gasteiger partial charge in [0.25, 0.3) is 0 Å². The Labute approximate surface area is 91.9 Å². The summed E-state index contributed by atoms with van der Waals surface area (Å²) in [5, 5.41) is 0. The van der Waals surface area contributed by atoms with Crippen molar-refractivity contribution in [1.82, 2.24) is 0 Å². The fraction of sp³-hybridized carbons (Fsp3) is 0. The molecule has 0 aliphatic heterocycles. The van der Waals surface area contributed by atoms with Gasteiger partial charge in [0.05, 0.1) is 0 Å². The fourth-order valence-corrected chi connectivity index (χ4v) is 0. The first-order chi connectivity index (χ1) is 1.00. The van der Waals surface area contributed by atoms with E-state index in [-0.39, 0.29) is 90.0 Å². The summed E-state index contributed by atoms with van der Waals surface area (Å²) in [7, 11) is 0. The van der Waals surface area contributed by atoms with E-state index < -0.39 is 0 Å². The van der Waals surface area contributed by atoms with Gasteiger partial charge in [0.2, 0.25) is 0 Å². The van der Waals surface area contributed by atoms with Crippen molar-refractivity contribution < 1.29 is 3.54 Å². The van der Waals surface area contributed by atoms with Crippen molar-refractivity contribution >= 4 is 90.0 Å². The molecule has 0 amide bonds. The van der Waals surface area contributed by atoms with Gasteiger partial charge in [-0.05, 0) is 0 Å². The molecule has 0 spiro atoms. The summed E-state index contributed by atoms with van der Waals surface area (Å²) < 4.78 is 8.38. The summed E-state index contributed by atoms with van der Waals surface area (Å²) in [5.74, 6) is 0. The van der Waals surface area contributed by atoms with E-state index in [0.29, 0.717) is 0 Å². The molecule has 0 heterocycles. The van der Waals surface area contributed by atoms with Crippen LogP contribution in [-0.2, 0) is 3.54 Å². The van der Waals surface area contributed by atoms with Crippen molar-refractivity contribution in [2.24, 2.45) is 0 Å². The molecule has 0 radical (unpaired) electrons. The van der Waals surface area contributed by atoms with Crippen molar-refractivity contribution in [2.75, 3.05) is 0 Å². The second-order valence-corrected chi connectivity index (χ2v) is 0. The summed E-state index contributed by atoms with van der Waals surface area (Å²) in [6, 6.07) is 0. The molecule has 0 aliphatic rings. The van der Waals surface area contributed by atoms with Gasteiger partial charge in [-0.2, -0.15) is 0 Å². The van der Waals surface area contributed by atoms with Crippen LogP contribution < -0.4 is 0 Å². The van der Waals surface area contributed by atoms with Gasteiger partial charge in [0.15, 0.2) is 0 Å². The Hall–Kier alpha value is 2.81. The van der Waals surface area contributed by atoms with Crippen LogP contribution >= 0.6 is 0 Å². The average Bonchev–Trinajstić information content (AvgIpc) is 1.00. The van der Waals surface area contributed by atoms with Crippen LogP contribution in [0.5, 0.6) is 0 Å². The Kier molecular flexibility index (Phi) is 145. The zero-order valence-corrected chi connectivity index (χ0v) is 4.08. The van der Waals surface area contributed by atoms with Gasteiger partial charge in [-0.15, -0.1) is 0 Å². The standard InChI is InChI=1S/2Ga.2In.O.10H. The van der Waals surface area contributed by atoms with E-state index in [9.17, 15) is 0 Å². The summed E-state index contributed by atoms with van der Waals surface area (Å²) >= 11 is 0.125. The molecule has 5 heteroatoms. The van der Waals surface area contributed by atoms with E-state index in [0.717, 1.165) is 0 Å². The second kappa shape index (κ2) is 29.1. The molecule has 0 bridgehead atoms. The molecule has 0 N–H and O–H groups in total. The van der Waals surface area contributed by atoms with Crippen molar-refractivity contribution in [2.45, 2.75) is 0 Å². The monoisotopic (exact) mass is 394 g/mol. The summed E-state index contributed by atoms with van der Waals surface area (Å²) in [5.41, 5.74) is 0. The van der Waals surface area contributed by atoms with Gasteiger partial charge >= 0.3 is 93.6 Å². The van der Waals surface area contributed by atoms with Crippen molar-refractivity contribution in [3.05, 3.63) is 0 Å². The Morgan fingerprint density at radius 2 is 1.00 bits per heavy atom. The molecule has 0 fully saturated rings. The predicted octanol–water partition coefficient (Wildman–Crippen LogP) is -4.32. The summed E-state index contributed by atoms with van der Waals surface area (Å²) in [6.07, 6.45) is 0. The topological polar surface area (TPSA) is 17.1 Å². The normalized spacial score (nSPS) is 0.600. The molecule has 0 atom stereocenters. The first kappa shape index (κ1) is 24.9. The van der Waals surface area contributed by atoms with Crippen LogP contribution in [0.15, 0.2) is 0 Å². The molecule has 0 unspecified atom stereocenters. The van der Waals surface area contributed by atoms with Gasteiger partial charge < -0.3 is 0 Å². The predicted molar refractivity (Wildman–Crippen MR) is 37.7 cm³/mol. The third kappa shape index (κ3) is 19.9. The molecule has 28 valence electrons. The third-order valence-electron chi connectivity index (χ3n) is 0. The summed E-state index contributed by atoms with van der Waals surface area (Å²) in [4.78, 5) is 0. The van der Waals surface area contributed by atoms with E-state index in [2.05, 4.69) is 0 Å².